The van der Waals surface area contributed by atoms with Gasteiger partial charge in [0.2, 0.25) is 5.91 Å². The van der Waals surface area contributed by atoms with E-state index >= 15 is 0 Å². The van der Waals surface area contributed by atoms with Crippen molar-refractivity contribution in [2.24, 2.45) is 0 Å². The zero-order valence-corrected chi connectivity index (χ0v) is 15.9. The topological polar surface area (TPSA) is 38.1 Å². The van der Waals surface area contributed by atoms with Crippen molar-refractivity contribution in [2.75, 3.05) is 7.05 Å². The Kier molecular flexibility index (Phi) is 5.21. The third-order valence-electron chi connectivity index (χ3n) is 4.87. The normalized spacial score (nSPS) is 10.8. The molecule has 0 unspecified atom stereocenters. The average molecular weight is 347 g/mol. The predicted molar refractivity (Wildman–Crippen MR) is 104 cm³/mol. The lowest BCUT2D eigenvalue weighted by Gasteiger charge is -2.18. The zero-order valence-electron chi connectivity index (χ0n) is 15.9. The molecule has 0 N–H and O–H groups in total. The van der Waals surface area contributed by atoms with Gasteiger partial charge in [0, 0.05) is 24.8 Å². The van der Waals surface area contributed by atoms with Crippen molar-refractivity contribution >= 4 is 5.91 Å². The number of carbonyl (C=O) groups excluding carboxylic acids is 1. The molecular weight excluding hydrogens is 322 g/mol. The molecule has 4 nitrogen and oxygen atoms in total. The van der Waals surface area contributed by atoms with Crippen LogP contribution in [0.25, 0.3) is 5.69 Å². The summed E-state index contributed by atoms with van der Waals surface area (Å²) in [6.45, 7) is 6.67. The van der Waals surface area contributed by atoms with Crippen LogP contribution >= 0.6 is 0 Å². The van der Waals surface area contributed by atoms with Crippen molar-refractivity contribution in [3.8, 4) is 5.69 Å². The van der Waals surface area contributed by atoms with Crippen LogP contribution in [0.15, 0.2) is 54.6 Å². The fraction of sp³-hybridized carbons (Fsp3) is 0.273. The van der Waals surface area contributed by atoms with Crippen molar-refractivity contribution in [2.45, 2.75) is 33.7 Å². The minimum atomic E-state index is 0.116. The molecule has 0 aliphatic rings. The molecule has 0 aliphatic heterocycles. The first kappa shape index (κ1) is 17.9. The molecule has 0 radical (unpaired) electrons. The van der Waals surface area contributed by atoms with Gasteiger partial charge in [-0.3, -0.25) is 4.79 Å². The lowest BCUT2D eigenvalue weighted by molar-refractivity contribution is -0.129. The van der Waals surface area contributed by atoms with E-state index in [-0.39, 0.29) is 5.91 Å². The first-order chi connectivity index (χ1) is 12.5. The summed E-state index contributed by atoms with van der Waals surface area (Å²) < 4.78 is 1.95. The Bertz CT molecular complexity index is 912. The summed E-state index contributed by atoms with van der Waals surface area (Å²) in [6.07, 6.45) is 0.425. The van der Waals surface area contributed by atoms with Crippen LogP contribution in [0.5, 0.6) is 0 Å². The van der Waals surface area contributed by atoms with Crippen molar-refractivity contribution in [1.29, 1.82) is 0 Å². The van der Waals surface area contributed by atoms with Crippen molar-refractivity contribution < 1.29 is 4.79 Å². The molecule has 134 valence electrons. The number of benzene rings is 2. The van der Waals surface area contributed by atoms with Gasteiger partial charge in [0.15, 0.2) is 0 Å². The Morgan fingerprint density at radius 3 is 2.35 bits per heavy atom. The number of likely N-dealkylation sites (N-methyl/N-ethyl adjacent to an activating group) is 1. The summed E-state index contributed by atoms with van der Waals surface area (Å²) in [5.41, 5.74) is 6.41. The van der Waals surface area contributed by atoms with E-state index in [0.717, 1.165) is 33.8 Å². The van der Waals surface area contributed by atoms with Gasteiger partial charge in [-0.2, -0.15) is 5.10 Å². The SMILES string of the molecule is Cc1ccccc1CC(=O)N(C)Cc1c(C)nn(-c2ccccc2)c1C. The molecular formula is C22H25N3O. The highest BCUT2D eigenvalue weighted by Gasteiger charge is 2.17. The Hall–Kier alpha value is -2.88. The highest BCUT2D eigenvalue weighted by molar-refractivity contribution is 5.79. The number of aromatic nitrogens is 2. The first-order valence-corrected chi connectivity index (χ1v) is 8.86. The van der Waals surface area contributed by atoms with Crippen LogP contribution in [0.2, 0.25) is 0 Å². The van der Waals surface area contributed by atoms with Gasteiger partial charge >= 0.3 is 0 Å². The molecule has 0 saturated carbocycles. The molecule has 4 heteroatoms. The average Bonchev–Trinajstić information content (AvgIpc) is 2.92. The molecule has 0 spiro atoms. The molecule has 3 rings (SSSR count). The second kappa shape index (κ2) is 7.56. The number of carbonyl (C=O) groups is 1. The lowest BCUT2D eigenvalue weighted by atomic mass is 10.1. The number of nitrogens with zero attached hydrogens (tertiary/aromatic N) is 3. The van der Waals surface area contributed by atoms with E-state index in [0.29, 0.717) is 13.0 Å². The molecule has 1 heterocycles. The number of para-hydroxylation sites is 1. The van der Waals surface area contributed by atoms with Crippen LogP contribution in [0, 0.1) is 20.8 Å². The number of amides is 1. The maximum atomic E-state index is 12.7. The van der Waals surface area contributed by atoms with Crippen LogP contribution in [-0.2, 0) is 17.8 Å². The highest BCUT2D eigenvalue weighted by Crippen LogP contribution is 2.19. The van der Waals surface area contributed by atoms with Gasteiger partial charge in [0.1, 0.15) is 0 Å². The summed E-state index contributed by atoms with van der Waals surface area (Å²) in [6, 6.07) is 18.1. The molecule has 0 bridgehead atoms. The van der Waals surface area contributed by atoms with Gasteiger partial charge in [-0.15, -0.1) is 0 Å². The Labute approximate surface area is 155 Å². The van der Waals surface area contributed by atoms with E-state index < -0.39 is 0 Å². The fourth-order valence-corrected chi connectivity index (χ4v) is 3.16. The van der Waals surface area contributed by atoms with Gasteiger partial charge in [-0.05, 0) is 44.0 Å². The molecule has 0 fully saturated rings. The molecule has 2 aromatic carbocycles. The van der Waals surface area contributed by atoms with E-state index in [1.165, 1.54) is 0 Å². The molecule has 0 saturated heterocycles. The molecule has 1 amide bonds. The summed E-state index contributed by atoms with van der Waals surface area (Å²) in [7, 11) is 1.86. The Morgan fingerprint density at radius 2 is 1.65 bits per heavy atom. The minimum Gasteiger partial charge on any atom is -0.341 e. The first-order valence-electron chi connectivity index (χ1n) is 8.86. The summed E-state index contributed by atoms with van der Waals surface area (Å²) in [5, 5.41) is 4.67. The molecule has 1 aromatic heterocycles. The molecule has 0 aliphatic carbocycles. The standard InChI is InChI=1S/C22H25N3O/c1-16-10-8-9-11-19(16)14-22(26)24(4)15-21-17(2)23-25(18(21)3)20-12-6-5-7-13-20/h5-13H,14-15H2,1-4H3. The van der Waals surface area contributed by atoms with E-state index in [1.807, 2.05) is 80.2 Å². The summed E-state index contributed by atoms with van der Waals surface area (Å²) in [4.78, 5) is 14.5. The number of hydrogen-bond acceptors (Lipinski definition) is 2. The Morgan fingerprint density at radius 1 is 1.00 bits per heavy atom. The maximum Gasteiger partial charge on any atom is 0.227 e. The van der Waals surface area contributed by atoms with E-state index in [4.69, 9.17) is 0 Å². The second-order valence-electron chi connectivity index (χ2n) is 6.75. The monoisotopic (exact) mass is 347 g/mol. The van der Waals surface area contributed by atoms with Crippen LogP contribution in [0.1, 0.15) is 28.1 Å². The quantitative estimate of drug-likeness (QED) is 0.700. The smallest absolute Gasteiger partial charge is 0.227 e. The summed E-state index contributed by atoms with van der Waals surface area (Å²) >= 11 is 0. The van der Waals surface area contributed by atoms with Crippen LogP contribution in [0.4, 0.5) is 0 Å². The Balaban J connectivity index is 1.77. The van der Waals surface area contributed by atoms with E-state index in [9.17, 15) is 4.79 Å². The van der Waals surface area contributed by atoms with E-state index in [2.05, 4.69) is 12.0 Å². The van der Waals surface area contributed by atoms with Crippen LogP contribution in [-0.4, -0.2) is 27.6 Å². The number of hydrogen-bond donors (Lipinski definition) is 0. The number of aryl methyl sites for hydroxylation is 2. The highest BCUT2D eigenvalue weighted by atomic mass is 16.2. The minimum absolute atomic E-state index is 0.116. The molecule has 3 aromatic rings. The van der Waals surface area contributed by atoms with Gasteiger partial charge in [-0.1, -0.05) is 42.5 Å². The van der Waals surface area contributed by atoms with Gasteiger partial charge < -0.3 is 4.90 Å². The zero-order chi connectivity index (χ0) is 18.7. The van der Waals surface area contributed by atoms with E-state index in [1.54, 1.807) is 4.90 Å². The molecule has 0 atom stereocenters. The van der Waals surface area contributed by atoms with Gasteiger partial charge in [-0.25, -0.2) is 4.68 Å². The fourth-order valence-electron chi connectivity index (χ4n) is 3.16. The van der Waals surface area contributed by atoms with Crippen molar-refractivity contribution in [1.82, 2.24) is 14.7 Å². The van der Waals surface area contributed by atoms with Gasteiger partial charge in [0.05, 0.1) is 17.8 Å². The third-order valence-corrected chi connectivity index (χ3v) is 4.87. The van der Waals surface area contributed by atoms with Gasteiger partial charge in [0.25, 0.3) is 0 Å². The van der Waals surface area contributed by atoms with Crippen LogP contribution < -0.4 is 0 Å². The van der Waals surface area contributed by atoms with Crippen LogP contribution in [0.3, 0.4) is 0 Å². The lowest BCUT2D eigenvalue weighted by Crippen LogP contribution is -2.28. The maximum absolute atomic E-state index is 12.7. The van der Waals surface area contributed by atoms with Crippen molar-refractivity contribution in [3.05, 3.63) is 82.7 Å². The van der Waals surface area contributed by atoms with Crippen molar-refractivity contribution in [3.63, 3.8) is 0 Å². The molecule has 26 heavy (non-hydrogen) atoms. The third kappa shape index (κ3) is 3.69. The number of rotatable bonds is 5. The largest absolute Gasteiger partial charge is 0.341 e. The summed E-state index contributed by atoms with van der Waals surface area (Å²) in [5.74, 6) is 0.116. The second-order valence-corrected chi connectivity index (χ2v) is 6.75. The predicted octanol–water partition coefficient (Wildman–Crippen LogP) is 4.00.